The van der Waals surface area contributed by atoms with Crippen molar-refractivity contribution in [2.24, 2.45) is 5.73 Å². The Hall–Kier alpha value is -2.60. The average molecular weight is 329 g/mol. The van der Waals surface area contributed by atoms with Gasteiger partial charge in [-0.1, -0.05) is 30.3 Å². The highest BCUT2D eigenvalue weighted by Gasteiger charge is 2.22. The first-order chi connectivity index (χ1) is 11.7. The van der Waals surface area contributed by atoms with Gasteiger partial charge in [0, 0.05) is 13.0 Å². The number of benzene rings is 1. The third kappa shape index (κ3) is 5.55. The largest absolute Gasteiger partial charge is 0.459 e. The lowest BCUT2D eigenvalue weighted by Gasteiger charge is -2.18. The van der Waals surface area contributed by atoms with Crippen molar-refractivity contribution in [1.82, 2.24) is 10.6 Å². The van der Waals surface area contributed by atoms with Crippen LogP contribution in [0, 0.1) is 0 Å². The summed E-state index contributed by atoms with van der Waals surface area (Å²) in [6, 6.07) is 12.1. The van der Waals surface area contributed by atoms with Crippen molar-refractivity contribution in [3.8, 4) is 0 Å². The lowest BCUT2D eigenvalue weighted by molar-refractivity contribution is -0.122. The zero-order valence-corrected chi connectivity index (χ0v) is 13.5. The second-order valence-corrected chi connectivity index (χ2v) is 5.48. The molecule has 0 aliphatic carbocycles. The van der Waals surface area contributed by atoms with E-state index in [0.717, 1.165) is 18.4 Å². The summed E-state index contributed by atoms with van der Waals surface area (Å²) < 4.78 is 5.08. The number of rotatable bonds is 9. The highest BCUT2D eigenvalue weighted by molar-refractivity contribution is 5.95. The van der Waals surface area contributed by atoms with Crippen LogP contribution in [0.1, 0.15) is 29.0 Å². The van der Waals surface area contributed by atoms with E-state index < -0.39 is 11.9 Å². The number of nitrogens with two attached hydrogens (primary N) is 1. The molecule has 0 aliphatic heterocycles. The molecule has 0 spiro atoms. The predicted molar refractivity (Wildman–Crippen MR) is 91.4 cm³/mol. The molecule has 0 saturated heterocycles. The number of hydrogen-bond acceptors (Lipinski definition) is 4. The van der Waals surface area contributed by atoms with E-state index in [9.17, 15) is 9.59 Å². The fourth-order valence-electron chi connectivity index (χ4n) is 2.30. The first-order valence-electron chi connectivity index (χ1n) is 8.07. The molecule has 0 fully saturated rings. The van der Waals surface area contributed by atoms with Crippen molar-refractivity contribution in [2.75, 3.05) is 13.1 Å². The molecule has 1 unspecified atom stereocenters. The van der Waals surface area contributed by atoms with E-state index in [1.165, 1.54) is 6.26 Å². The molecule has 24 heavy (non-hydrogen) atoms. The number of nitrogens with one attached hydrogen (secondary N) is 2. The van der Waals surface area contributed by atoms with Crippen LogP contribution in [-0.2, 0) is 11.2 Å². The molecule has 1 atom stereocenters. The van der Waals surface area contributed by atoms with Crippen LogP contribution in [0.3, 0.4) is 0 Å². The van der Waals surface area contributed by atoms with E-state index in [-0.39, 0.29) is 11.7 Å². The van der Waals surface area contributed by atoms with Gasteiger partial charge in [-0.2, -0.15) is 0 Å². The van der Waals surface area contributed by atoms with Gasteiger partial charge in [0.15, 0.2) is 5.76 Å². The molecule has 0 saturated carbocycles. The van der Waals surface area contributed by atoms with E-state index in [0.29, 0.717) is 19.5 Å². The van der Waals surface area contributed by atoms with Gasteiger partial charge in [0.1, 0.15) is 6.04 Å². The van der Waals surface area contributed by atoms with Crippen LogP contribution < -0.4 is 16.4 Å². The summed E-state index contributed by atoms with van der Waals surface area (Å²) in [4.78, 5) is 24.6. The molecule has 0 aliphatic rings. The Morgan fingerprint density at radius 3 is 2.54 bits per heavy atom. The molecule has 0 radical (unpaired) electrons. The topological polar surface area (TPSA) is 97.4 Å². The van der Waals surface area contributed by atoms with Gasteiger partial charge in [0.05, 0.1) is 6.26 Å². The van der Waals surface area contributed by atoms with Crippen molar-refractivity contribution in [3.63, 3.8) is 0 Å². The van der Waals surface area contributed by atoms with Crippen LogP contribution in [0.5, 0.6) is 0 Å². The van der Waals surface area contributed by atoms with Gasteiger partial charge in [-0.05, 0) is 37.1 Å². The first kappa shape index (κ1) is 17.7. The summed E-state index contributed by atoms with van der Waals surface area (Å²) >= 11 is 0. The van der Waals surface area contributed by atoms with Crippen LogP contribution in [-0.4, -0.2) is 30.9 Å². The molecule has 1 aromatic heterocycles. The molecule has 128 valence electrons. The van der Waals surface area contributed by atoms with Gasteiger partial charge in [-0.25, -0.2) is 0 Å². The molecule has 1 heterocycles. The van der Waals surface area contributed by atoms with Gasteiger partial charge < -0.3 is 20.8 Å². The summed E-state index contributed by atoms with van der Waals surface area (Å²) in [5, 5.41) is 5.59. The lowest BCUT2D eigenvalue weighted by atomic mass is 10.0. The first-order valence-corrected chi connectivity index (χ1v) is 8.07. The van der Waals surface area contributed by atoms with E-state index in [4.69, 9.17) is 10.2 Å². The third-order valence-electron chi connectivity index (χ3n) is 3.58. The Kier molecular flexibility index (Phi) is 7.04. The molecule has 2 amide bonds. The van der Waals surface area contributed by atoms with Crippen molar-refractivity contribution in [2.45, 2.75) is 25.3 Å². The van der Waals surface area contributed by atoms with Crippen LogP contribution in [0.25, 0.3) is 0 Å². The second kappa shape index (κ2) is 9.52. The van der Waals surface area contributed by atoms with Gasteiger partial charge in [-0.3, -0.25) is 9.59 Å². The molecule has 1 aromatic carbocycles. The maximum atomic E-state index is 12.4. The van der Waals surface area contributed by atoms with Crippen molar-refractivity contribution < 1.29 is 14.0 Å². The fourth-order valence-corrected chi connectivity index (χ4v) is 2.30. The Morgan fingerprint density at radius 1 is 1.08 bits per heavy atom. The van der Waals surface area contributed by atoms with Gasteiger partial charge in [0.2, 0.25) is 5.91 Å². The summed E-state index contributed by atoms with van der Waals surface area (Å²) in [5.74, 6) is -0.433. The number of carbonyl (C=O) groups excluding carboxylic acids is 2. The van der Waals surface area contributed by atoms with E-state index >= 15 is 0 Å². The van der Waals surface area contributed by atoms with Crippen molar-refractivity contribution in [1.29, 1.82) is 0 Å². The molecular formula is C18H23N3O3. The molecule has 2 rings (SSSR count). The normalized spacial score (nSPS) is 11.7. The monoisotopic (exact) mass is 329 g/mol. The Labute approximate surface area is 141 Å². The highest BCUT2D eigenvalue weighted by atomic mass is 16.3. The molecule has 0 bridgehead atoms. The Morgan fingerprint density at radius 2 is 1.88 bits per heavy atom. The van der Waals surface area contributed by atoms with Crippen LogP contribution in [0.2, 0.25) is 0 Å². The number of unbranched alkanes of at least 4 members (excludes halogenated alkanes) is 1. The van der Waals surface area contributed by atoms with Gasteiger partial charge in [-0.15, -0.1) is 0 Å². The molecule has 4 N–H and O–H groups in total. The highest BCUT2D eigenvalue weighted by Crippen LogP contribution is 2.06. The molecular weight excluding hydrogens is 306 g/mol. The maximum Gasteiger partial charge on any atom is 0.287 e. The van der Waals surface area contributed by atoms with E-state index in [2.05, 4.69) is 10.6 Å². The second-order valence-electron chi connectivity index (χ2n) is 5.48. The number of amides is 2. The lowest BCUT2D eigenvalue weighted by Crippen LogP contribution is -2.48. The SMILES string of the molecule is NCCCCNC(=O)C(Cc1ccccc1)NC(=O)c1ccco1. The minimum absolute atomic E-state index is 0.184. The summed E-state index contributed by atoms with van der Waals surface area (Å²) in [6.45, 7) is 1.14. The quantitative estimate of drug-likeness (QED) is 0.607. The smallest absolute Gasteiger partial charge is 0.287 e. The molecule has 6 nitrogen and oxygen atoms in total. The van der Waals surface area contributed by atoms with Crippen molar-refractivity contribution >= 4 is 11.8 Å². The summed E-state index contributed by atoms with van der Waals surface area (Å²) in [7, 11) is 0. The number of carbonyl (C=O) groups is 2. The summed E-state index contributed by atoms with van der Waals surface area (Å²) in [5.41, 5.74) is 6.42. The predicted octanol–water partition coefficient (Wildman–Crippen LogP) is 1.48. The molecule has 2 aromatic rings. The van der Waals surface area contributed by atoms with Crippen LogP contribution in [0.4, 0.5) is 0 Å². The average Bonchev–Trinajstić information content (AvgIpc) is 3.13. The zero-order valence-electron chi connectivity index (χ0n) is 13.5. The Balaban J connectivity index is 2.00. The minimum Gasteiger partial charge on any atom is -0.459 e. The maximum absolute atomic E-state index is 12.4. The number of furan rings is 1. The number of hydrogen-bond donors (Lipinski definition) is 3. The standard InChI is InChI=1S/C18H23N3O3/c19-10-4-5-11-20-17(22)15(13-14-7-2-1-3-8-14)21-18(23)16-9-6-12-24-16/h1-3,6-9,12,15H,4-5,10-11,13,19H2,(H,20,22)(H,21,23). The van der Waals surface area contributed by atoms with Gasteiger partial charge >= 0.3 is 0 Å². The van der Waals surface area contributed by atoms with E-state index in [1.807, 2.05) is 30.3 Å². The Bertz CT molecular complexity index is 626. The van der Waals surface area contributed by atoms with Gasteiger partial charge in [0.25, 0.3) is 5.91 Å². The van der Waals surface area contributed by atoms with E-state index in [1.54, 1.807) is 12.1 Å². The van der Waals surface area contributed by atoms with Crippen LogP contribution in [0.15, 0.2) is 53.1 Å². The zero-order chi connectivity index (χ0) is 17.2. The molecule has 6 heteroatoms. The van der Waals surface area contributed by atoms with Crippen LogP contribution >= 0.6 is 0 Å². The summed E-state index contributed by atoms with van der Waals surface area (Å²) in [6.07, 6.45) is 3.50. The van der Waals surface area contributed by atoms with Crippen molar-refractivity contribution in [3.05, 3.63) is 60.1 Å². The third-order valence-corrected chi connectivity index (χ3v) is 3.58. The fraction of sp³-hybridized carbons (Fsp3) is 0.333. The minimum atomic E-state index is -0.664.